The van der Waals surface area contributed by atoms with E-state index in [-0.39, 0.29) is 48.4 Å². The summed E-state index contributed by atoms with van der Waals surface area (Å²) in [5.74, 6) is -0.351. The van der Waals surface area contributed by atoms with E-state index in [1.807, 2.05) is 6.92 Å². The predicted molar refractivity (Wildman–Crippen MR) is 126 cm³/mol. The average Bonchev–Trinajstić information content (AvgIpc) is 3.10. The van der Waals surface area contributed by atoms with Crippen LogP contribution in [-0.2, 0) is 13.0 Å². The van der Waals surface area contributed by atoms with Gasteiger partial charge in [0.25, 0.3) is 0 Å². The second kappa shape index (κ2) is 11.2. The lowest BCUT2D eigenvalue weighted by Crippen LogP contribution is -2.30. The first-order valence-corrected chi connectivity index (χ1v) is 11.7. The minimum atomic E-state index is -0.628. The predicted octanol–water partition coefficient (Wildman–Crippen LogP) is 5.48. The molecule has 0 bridgehead atoms. The van der Waals surface area contributed by atoms with Gasteiger partial charge in [-0.1, -0.05) is 26.2 Å². The van der Waals surface area contributed by atoms with Gasteiger partial charge >= 0.3 is 0 Å². The van der Waals surface area contributed by atoms with Gasteiger partial charge in [-0.25, -0.2) is 4.39 Å². The molecule has 0 unspecified atom stereocenters. The number of amidine groups is 1. The number of nitrogens with one attached hydrogen (secondary N) is 1. The summed E-state index contributed by atoms with van der Waals surface area (Å²) in [6.07, 6.45) is 5.02. The number of aromatic hydroxyl groups is 1. The van der Waals surface area contributed by atoms with E-state index in [0.717, 1.165) is 31.2 Å². The van der Waals surface area contributed by atoms with Crippen molar-refractivity contribution in [3.05, 3.63) is 52.3 Å². The molecule has 1 heterocycles. The van der Waals surface area contributed by atoms with Gasteiger partial charge < -0.3 is 19.5 Å². The van der Waals surface area contributed by atoms with Crippen molar-refractivity contribution in [1.82, 2.24) is 4.90 Å². The second-order valence-corrected chi connectivity index (χ2v) is 8.20. The molecule has 0 fully saturated rings. The first-order valence-electron chi connectivity index (χ1n) is 11.7. The molecule has 3 rings (SSSR count). The number of hydrogen-bond donors (Lipinski definition) is 2. The van der Waals surface area contributed by atoms with Crippen molar-refractivity contribution in [2.45, 2.75) is 59.4 Å². The van der Waals surface area contributed by atoms with Crippen molar-refractivity contribution >= 4 is 11.6 Å². The van der Waals surface area contributed by atoms with E-state index in [0.29, 0.717) is 29.9 Å². The van der Waals surface area contributed by atoms with Crippen molar-refractivity contribution in [2.75, 3.05) is 19.8 Å². The largest absolute Gasteiger partial charge is 0.508 e. The Hall–Kier alpha value is -3.09. The van der Waals surface area contributed by atoms with Gasteiger partial charge in [0, 0.05) is 12.1 Å². The Morgan fingerprint density at radius 2 is 1.88 bits per heavy atom. The van der Waals surface area contributed by atoms with Gasteiger partial charge in [0.2, 0.25) is 0 Å². The monoisotopic (exact) mass is 456 g/mol. The summed E-state index contributed by atoms with van der Waals surface area (Å²) in [5, 5.41) is 18.7. The number of carbonyl (C=O) groups is 1. The number of rotatable bonds is 12. The maximum atomic E-state index is 15.2. The topological polar surface area (TPSA) is 82.9 Å². The molecule has 1 aliphatic rings. The molecule has 178 valence electrons. The molecule has 2 N–H and O–H groups in total. The number of Topliss-reactive ketones (excluding diaryl/α,β-unsaturated/α-hetero) is 1. The summed E-state index contributed by atoms with van der Waals surface area (Å²) in [7, 11) is 0. The van der Waals surface area contributed by atoms with Gasteiger partial charge in [-0.3, -0.25) is 10.2 Å². The van der Waals surface area contributed by atoms with E-state index < -0.39 is 5.82 Å². The zero-order chi connectivity index (χ0) is 24.0. The van der Waals surface area contributed by atoms with Crippen LogP contribution in [0.3, 0.4) is 0 Å². The Kier molecular flexibility index (Phi) is 8.31. The van der Waals surface area contributed by atoms with Crippen LogP contribution in [0.4, 0.5) is 4.39 Å². The van der Waals surface area contributed by atoms with Crippen molar-refractivity contribution in [3.8, 4) is 17.2 Å². The van der Waals surface area contributed by atoms with Crippen LogP contribution < -0.4 is 9.47 Å². The van der Waals surface area contributed by atoms with Gasteiger partial charge in [-0.2, -0.15) is 0 Å². The number of ketones is 1. The molecule has 0 saturated carbocycles. The van der Waals surface area contributed by atoms with E-state index in [4.69, 9.17) is 14.9 Å². The summed E-state index contributed by atoms with van der Waals surface area (Å²) >= 11 is 0. The number of phenols is 1. The first kappa shape index (κ1) is 24.6. The molecule has 0 spiro atoms. The number of aryl methyl sites for hydroxylation is 1. The number of phenolic OH excluding ortho intramolecular Hbond substituents is 1. The van der Waals surface area contributed by atoms with Gasteiger partial charge in [-0.05, 0) is 62.1 Å². The summed E-state index contributed by atoms with van der Waals surface area (Å²) < 4.78 is 26.2. The molecule has 2 aromatic rings. The smallest absolute Gasteiger partial charge is 0.197 e. The quantitative estimate of drug-likeness (QED) is 0.327. The molecule has 0 aromatic heterocycles. The molecule has 6 nitrogen and oxygen atoms in total. The third-order valence-electron chi connectivity index (χ3n) is 5.81. The standard InChI is InChI=1S/C26H33FN2O4/c1-4-7-8-9-10-17-13-18(11-12-20(17)30)21(31)16-29-15-19-14-22(32-5-2)25(33-6-3)24(27)23(19)26(29)28/h11-14,28,30H,4-10,15-16H2,1-3H3. The number of ether oxygens (including phenoxy) is 2. The van der Waals surface area contributed by atoms with Gasteiger partial charge in [0.05, 0.1) is 25.3 Å². The van der Waals surface area contributed by atoms with Crippen LogP contribution in [0.1, 0.15) is 73.5 Å². The third kappa shape index (κ3) is 5.46. The van der Waals surface area contributed by atoms with Gasteiger partial charge in [-0.15, -0.1) is 0 Å². The Bertz CT molecular complexity index is 1020. The second-order valence-electron chi connectivity index (χ2n) is 8.20. The third-order valence-corrected chi connectivity index (χ3v) is 5.81. The summed E-state index contributed by atoms with van der Waals surface area (Å²) in [6, 6.07) is 6.58. The zero-order valence-electron chi connectivity index (χ0n) is 19.7. The van der Waals surface area contributed by atoms with Crippen LogP contribution in [0.25, 0.3) is 0 Å². The van der Waals surface area contributed by atoms with E-state index in [1.165, 1.54) is 0 Å². The van der Waals surface area contributed by atoms with Gasteiger partial charge in [0.15, 0.2) is 23.1 Å². The van der Waals surface area contributed by atoms with E-state index in [2.05, 4.69) is 6.92 Å². The Balaban J connectivity index is 1.76. The fourth-order valence-electron chi connectivity index (χ4n) is 4.12. The number of unbranched alkanes of at least 4 members (excludes halogenated alkanes) is 3. The van der Waals surface area contributed by atoms with E-state index in [1.54, 1.807) is 36.1 Å². The lowest BCUT2D eigenvalue weighted by molar-refractivity contribution is 0.0962. The number of halogens is 1. The number of benzene rings is 2. The lowest BCUT2D eigenvalue weighted by atomic mass is 10.0. The highest BCUT2D eigenvalue weighted by atomic mass is 19.1. The van der Waals surface area contributed by atoms with Crippen LogP contribution in [-0.4, -0.2) is 41.4 Å². The molecular weight excluding hydrogens is 423 g/mol. The Morgan fingerprint density at radius 1 is 1.12 bits per heavy atom. The summed E-state index contributed by atoms with van der Waals surface area (Å²) in [6.45, 7) is 6.53. The van der Waals surface area contributed by atoms with E-state index >= 15 is 4.39 Å². The molecular formula is C26H33FN2O4. The van der Waals surface area contributed by atoms with Crippen LogP contribution in [0.5, 0.6) is 17.2 Å². The van der Waals surface area contributed by atoms with Crippen molar-refractivity contribution in [2.24, 2.45) is 0 Å². The number of carbonyl (C=O) groups excluding carboxylic acids is 1. The van der Waals surface area contributed by atoms with Crippen LogP contribution in [0, 0.1) is 11.2 Å². The van der Waals surface area contributed by atoms with Crippen LogP contribution in [0.2, 0.25) is 0 Å². The molecule has 1 aliphatic heterocycles. The maximum Gasteiger partial charge on any atom is 0.197 e. The molecule has 33 heavy (non-hydrogen) atoms. The Morgan fingerprint density at radius 3 is 2.58 bits per heavy atom. The number of nitrogens with zero attached hydrogens (tertiary/aromatic N) is 1. The highest BCUT2D eigenvalue weighted by molar-refractivity contribution is 6.05. The average molecular weight is 457 g/mol. The molecule has 0 atom stereocenters. The van der Waals surface area contributed by atoms with Crippen molar-refractivity contribution in [1.29, 1.82) is 5.41 Å². The fraction of sp³-hybridized carbons (Fsp3) is 0.462. The molecule has 2 aromatic carbocycles. The molecule has 7 heteroatoms. The van der Waals surface area contributed by atoms with Gasteiger partial charge in [0.1, 0.15) is 11.6 Å². The van der Waals surface area contributed by atoms with E-state index in [9.17, 15) is 9.90 Å². The SMILES string of the molecule is CCCCCCc1cc(C(=O)CN2Cc3cc(OCC)c(OCC)c(F)c3C2=N)ccc1O. The molecule has 0 radical (unpaired) electrons. The minimum Gasteiger partial charge on any atom is -0.508 e. The molecule has 0 amide bonds. The maximum absolute atomic E-state index is 15.2. The summed E-state index contributed by atoms with van der Waals surface area (Å²) in [5.41, 5.74) is 1.98. The van der Waals surface area contributed by atoms with Crippen LogP contribution in [0.15, 0.2) is 24.3 Å². The number of fused-ring (bicyclic) bond motifs is 1. The first-order chi connectivity index (χ1) is 15.9. The number of hydrogen-bond acceptors (Lipinski definition) is 5. The van der Waals surface area contributed by atoms with Crippen LogP contribution >= 0.6 is 0 Å². The highest BCUT2D eigenvalue weighted by Crippen LogP contribution is 2.39. The van der Waals surface area contributed by atoms with Crippen molar-refractivity contribution < 1.29 is 23.8 Å². The normalized spacial score (nSPS) is 12.7. The molecule has 0 saturated heterocycles. The highest BCUT2D eigenvalue weighted by Gasteiger charge is 2.33. The van der Waals surface area contributed by atoms with Crippen molar-refractivity contribution in [3.63, 3.8) is 0 Å². The Labute approximate surface area is 194 Å². The minimum absolute atomic E-state index is 0.00211. The molecule has 0 aliphatic carbocycles. The fourth-order valence-corrected chi connectivity index (χ4v) is 4.12. The summed E-state index contributed by atoms with van der Waals surface area (Å²) in [4.78, 5) is 14.5. The zero-order valence-corrected chi connectivity index (χ0v) is 19.7. The lowest BCUT2D eigenvalue weighted by Gasteiger charge is -2.17.